The Bertz CT molecular complexity index is 160. The Morgan fingerprint density at radius 3 is 0.700 bits per heavy atom. The van der Waals surface area contributed by atoms with E-state index >= 15 is 0 Å². The van der Waals surface area contributed by atoms with Crippen molar-refractivity contribution in [3.63, 3.8) is 0 Å². The molecular weight excluding hydrogens is 342 g/mol. The van der Waals surface area contributed by atoms with Gasteiger partial charge in [0.05, 0.1) is 0 Å². The molecule has 2 aliphatic heterocycles. The highest BCUT2D eigenvalue weighted by Crippen LogP contribution is 1.94. The molecule has 0 aromatic heterocycles. The van der Waals surface area contributed by atoms with E-state index in [-0.39, 0.29) is 49.6 Å². The van der Waals surface area contributed by atoms with E-state index < -0.39 is 0 Å². The molecule has 4 N–H and O–H groups in total. The van der Waals surface area contributed by atoms with Gasteiger partial charge in [0.1, 0.15) is 0 Å². The lowest BCUT2D eigenvalue weighted by Crippen LogP contribution is -2.52. The lowest BCUT2D eigenvalue weighted by Gasteiger charge is -2.27. The Hall–Kier alpha value is 1.00. The lowest BCUT2D eigenvalue weighted by molar-refractivity contribution is 0.358. The Labute approximate surface area is 149 Å². The van der Waals surface area contributed by atoms with Gasteiger partial charge in [0.25, 0.3) is 0 Å². The maximum absolute atomic E-state index is 3.37. The van der Waals surface area contributed by atoms with Crippen LogP contribution < -0.4 is 21.3 Å². The molecule has 4 nitrogen and oxygen atoms in total. The van der Waals surface area contributed by atoms with Crippen molar-refractivity contribution in [1.29, 1.82) is 0 Å². The highest BCUT2D eigenvalue weighted by atomic mass is 35.5. The summed E-state index contributed by atoms with van der Waals surface area (Å²) < 4.78 is 0. The first-order valence-corrected chi connectivity index (χ1v) is 6.54. The molecule has 0 saturated carbocycles. The molecule has 0 aromatic carbocycles. The molecule has 4 atom stereocenters. The molecule has 2 saturated heterocycles. The standard InChI is InChI=1S/2C6H14N2.4ClH/c2*1-5-6(2)8-4-3-7-5;;;;/h2*5-8H,3-4H2,1-2H3;4*1H/t2*5-,6-;;;;/m10..../s1. The van der Waals surface area contributed by atoms with Crippen molar-refractivity contribution in [2.45, 2.75) is 51.9 Å². The summed E-state index contributed by atoms with van der Waals surface area (Å²) in [5, 5.41) is 13.5. The van der Waals surface area contributed by atoms with Crippen LogP contribution in [0.1, 0.15) is 27.7 Å². The minimum Gasteiger partial charge on any atom is -0.311 e. The molecule has 0 spiro atoms. The van der Waals surface area contributed by atoms with E-state index in [0.717, 1.165) is 26.2 Å². The molecule has 2 heterocycles. The molecule has 0 amide bonds. The van der Waals surface area contributed by atoms with Crippen LogP contribution in [0.15, 0.2) is 0 Å². The van der Waals surface area contributed by atoms with Gasteiger partial charge >= 0.3 is 0 Å². The van der Waals surface area contributed by atoms with Gasteiger partial charge in [-0.25, -0.2) is 0 Å². The molecule has 2 fully saturated rings. The first kappa shape index (κ1) is 29.1. The average Bonchev–Trinajstić information content (AvgIpc) is 2.28. The van der Waals surface area contributed by atoms with E-state index in [2.05, 4.69) is 49.0 Å². The summed E-state index contributed by atoms with van der Waals surface area (Å²) in [6.07, 6.45) is 0. The largest absolute Gasteiger partial charge is 0.311 e. The fourth-order valence-electron chi connectivity index (χ4n) is 1.91. The van der Waals surface area contributed by atoms with Gasteiger partial charge in [0.15, 0.2) is 0 Å². The highest BCUT2D eigenvalue weighted by molar-refractivity contribution is 5.86. The molecule has 20 heavy (non-hydrogen) atoms. The molecule has 128 valence electrons. The monoisotopic (exact) mass is 372 g/mol. The predicted octanol–water partition coefficient (Wildman–Crippen LogP) is 1.60. The van der Waals surface area contributed by atoms with Crippen molar-refractivity contribution in [1.82, 2.24) is 21.3 Å². The minimum absolute atomic E-state index is 0. The van der Waals surface area contributed by atoms with Gasteiger partial charge in [-0.1, -0.05) is 0 Å². The number of hydrogen-bond donors (Lipinski definition) is 4. The van der Waals surface area contributed by atoms with Crippen LogP contribution in [0.5, 0.6) is 0 Å². The maximum Gasteiger partial charge on any atom is 0.0190 e. The summed E-state index contributed by atoms with van der Waals surface area (Å²) >= 11 is 0. The van der Waals surface area contributed by atoms with E-state index in [4.69, 9.17) is 0 Å². The van der Waals surface area contributed by atoms with Crippen LogP contribution in [0.4, 0.5) is 0 Å². The van der Waals surface area contributed by atoms with Crippen LogP contribution in [0.3, 0.4) is 0 Å². The Morgan fingerprint density at radius 2 is 0.600 bits per heavy atom. The molecule has 0 bridgehead atoms. The van der Waals surface area contributed by atoms with Crippen LogP contribution in [0, 0.1) is 0 Å². The molecule has 0 unspecified atom stereocenters. The molecule has 0 radical (unpaired) electrons. The van der Waals surface area contributed by atoms with Gasteiger partial charge in [0.2, 0.25) is 0 Å². The van der Waals surface area contributed by atoms with Crippen molar-refractivity contribution in [3.05, 3.63) is 0 Å². The lowest BCUT2D eigenvalue weighted by atomic mass is 10.1. The summed E-state index contributed by atoms with van der Waals surface area (Å²) in [7, 11) is 0. The van der Waals surface area contributed by atoms with Gasteiger partial charge in [0, 0.05) is 50.3 Å². The number of nitrogens with one attached hydrogen (secondary N) is 4. The van der Waals surface area contributed by atoms with Crippen molar-refractivity contribution in [2.75, 3.05) is 26.2 Å². The fraction of sp³-hybridized carbons (Fsp3) is 1.00. The zero-order valence-electron chi connectivity index (χ0n) is 12.8. The second-order valence-electron chi connectivity index (χ2n) is 4.97. The third-order valence-corrected chi connectivity index (χ3v) is 3.62. The van der Waals surface area contributed by atoms with Crippen LogP contribution in [0.2, 0.25) is 0 Å². The highest BCUT2D eigenvalue weighted by Gasteiger charge is 2.14. The molecule has 8 heteroatoms. The molecule has 2 aliphatic rings. The number of rotatable bonds is 0. The molecule has 2 rings (SSSR count). The van der Waals surface area contributed by atoms with E-state index in [9.17, 15) is 0 Å². The smallest absolute Gasteiger partial charge is 0.0190 e. The SMILES string of the molecule is C[C@@H]1NCCN[C@H]1C.C[C@H]1NCCN[C@@H]1C.Cl.Cl.Cl.Cl. The topological polar surface area (TPSA) is 48.1 Å². The minimum atomic E-state index is 0. The van der Waals surface area contributed by atoms with Crippen molar-refractivity contribution in [3.8, 4) is 0 Å². The van der Waals surface area contributed by atoms with Crippen molar-refractivity contribution < 1.29 is 0 Å². The summed E-state index contributed by atoms with van der Waals surface area (Å²) in [5.74, 6) is 0. The van der Waals surface area contributed by atoms with Gasteiger partial charge in [-0.05, 0) is 27.7 Å². The van der Waals surface area contributed by atoms with Crippen LogP contribution in [0.25, 0.3) is 0 Å². The first-order valence-electron chi connectivity index (χ1n) is 6.54. The Balaban J connectivity index is -0.000000107. The molecular formula is C12H32Cl4N4. The fourth-order valence-corrected chi connectivity index (χ4v) is 1.91. The summed E-state index contributed by atoms with van der Waals surface area (Å²) in [5.41, 5.74) is 0. The van der Waals surface area contributed by atoms with Crippen LogP contribution in [-0.4, -0.2) is 50.3 Å². The Morgan fingerprint density at radius 1 is 0.450 bits per heavy atom. The van der Waals surface area contributed by atoms with Crippen LogP contribution in [-0.2, 0) is 0 Å². The van der Waals surface area contributed by atoms with E-state index in [1.807, 2.05) is 0 Å². The summed E-state index contributed by atoms with van der Waals surface area (Å²) in [6, 6.07) is 2.57. The van der Waals surface area contributed by atoms with Crippen molar-refractivity contribution >= 4 is 49.6 Å². The number of hydrogen-bond acceptors (Lipinski definition) is 4. The maximum atomic E-state index is 3.37. The van der Waals surface area contributed by atoms with Gasteiger partial charge in [-0.2, -0.15) is 0 Å². The second kappa shape index (κ2) is 16.4. The quantitative estimate of drug-likeness (QED) is 0.521. The van der Waals surface area contributed by atoms with E-state index in [1.54, 1.807) is 0 Å². The third kappa shape index (κ3) is 11.6. The van der Waals surface area contributed by atoms with E-state index in [1.165, 1.54) is 0 Å². The zero-order chi connectivity index (χ0) is 12.0. The third-order valence-electron chi connectivity index (χ3n) is 3.62. The predicted molar refractivity (Wildman–Crippen MR) is 98.9 cm³/mol. The summed E-state index contributed by atoms with van der Waals surface area (Å²) in [6.45, 7) is 13.3. The average molecular weight is 374 g/mol. The van der Waals surface area contributed by atoms with Crippen molar-refractivity contribution in [2.24, 2.45) is 0 Å². The van der Waals surface area contributed by atoms with E-state index in [0.29, 0.717) is 24.2 Å². The van der Waals surface area contributed by atoms with Gasteiger partial charge in [-0.3, -0.25) is 0 Å². The van der Waals surface area contributed by atoms with Crippen LogP contribution >= 0.6 is 49.6 Å². The molecule has 0 aromatic rings. The zero-order valence-corrected chi connectivity index (χ0v) is 16.0. The summed E-state index contributed by atoms with van der Waals surface area (Å²) in [4.78, 5) is 0. The second-order valence-corrected chi connectivity index (χ2v) is 4.97. The number of piperazine rings is 2. The Kier molecular flexibility index (Phi) is 23.8. The molecule has 0 aliphatic carbocycles. The first-order chi connectivity index (χ1) is 7.61. The number of halogens is 4. The van der Waals surface area contributed by atoms with Gasteiger partial charge < -0.3 is 21.3 Å². The van der Waals surface area contributed by atoms with Gasteiger partial charge in [-0.15, -0.1) is 49.6 Å². The normalized spacial score (nSPS) is 31.8.